The van der Waals surface area contributed by atoms with Crippen molar-refractivity contribution in [3.05, 3.63) is 0 Å². The zero-order valence-electron chi connectivity index (χ0n) is 12.5. The Kier molecular flexibility index (Phi) is 6.84. The van der Waals surface area contributed by atoms with Crippen LogP contribution in [0.15, 0.2) is 0 Å². The zero-order chi connectivity index (χ0) is 14.3. The molecule has 5 nitrogen and oxygen atoms in total. The monoisotopic (exact) mass is 269 g/mol. The van der Waals surface area contributed by atoms with Crippen LogP contribution in [-0.4, -0.2) is 73.3 Å². The molecule has 1 aliphatic rings. The fraction of sp³-hybridized carbons (Fsp3) is 0.857. The van der Waals surface area contributed by atoms with E-state index in [0.717, 1.165) is 38.9 Å². The normalized spacial score (nSPS) is 15.7. The molecule has 1 heterocycles. The summed E-state index contributed by atoms with van der Waals surface area (Å²) < 4.78 is 0. The third-order valence-corrected chi connectivity index (χ3v) is 3.51. The minimum absolute atomic E-state index is 0.0101. The minimum Gasteiger partial charge on any atom is -0.341 e. The predicted molar refractivity (Wildman–Crippen MR) is 75.9 cm³/mol. The van der Waals surface area contributed by atoms with Gasteiger partial charge in [0.05, 0.1) is 6.54 Å². The minimum atomic E-state index is -0.0101. The van der Waals surface area contributed by atoms with E-state index < -0.39 is 0 Å². The molecule has 0 aliphatic carbocycles. The first-order valence-electron chi connectivity index (χ1n) is 7.18. The first-order chi connectivity index (χ1) is 9.00. The van der Waals surface area contributed by atoms with Gasteiger partial charge in [0.1, 0.15) is 0 Å². The number of carbonyl (C=O) groups excluding carboxylic acids is 2. The van der Waals surface area contributed by atoms with Crippen LogP contribution in [0.4, 0.5) is 0 Å². The molecular weight excluding hydrogens is 242 g/mol. The second-order valence-corrected chi connectivity index (χ2v) is 5.54. The van der Waals surface area contributed by atoms with E-state index in [0.29, 0.717) is 6.54 Å². The van der Waals surface area contributed by atoms with Crippen molar-refractivity contribution in [2.24, 2.45) is 0 Å². The van der Waals surface area contributed by atoms with Crippen molar-refractivity contribution in [3.63, 3.8) is 0 Å². The molecule has 0 spiro atoms. The van der Waals surface area contributed by atoms with Crippen molar-refractivity contribution < 1.29 is 9.59 Å². The highest BCUT2D eigenvalue weighted by Gasteiger charge is 2.20. The molecule has 1 aliphatic heterocycles. The molecular formula is C14H27N3O2. The van der Waals surface area contributed by atoms with Gasteiger partial charge in [-0.2, -0.15) is 0 Å². The zero-order valence-corrected chi connectivity index (χ0v) is 12.5. The second kappa shape index (κ2) is 8.15. The van der Waals surface area contributed by atoms with Crippen molar-refractivity contribution >= 4 is 11.8 Å². The summed E-state index contributed by atoms with van der Waals surface area (Å²) in [6.07, 6.45) is 4.29. The maximum absolute atomic E-state index is 12.1. The first-order valence-corrected chi connectivity index (χ1v) is 7.18. The van der Waals surface area contributed by atoms with Crippen LogP contribution in [0, 0.1) is 0 Å². The van der Waals surface area contributed by atoms with E-state index in [9.17, 15) is 9.59 Å². The summed E-state index contributed by atoms with van der Waals surface area (Å²) in [5.74, 6) is 0.0869. The van der Waals surface area contributed by atoms with Gasteiger partial charge in [-0.25, -0.2) is 0 Å². The van der Waals surface area contributed by atoms with Gasteiger partial charge in [-0.15, -0.1) is 0 Å². The molecule has 1 fully saturated rings. The Morgan fingerprint density at radius 1 is 1.05 bits per heavy atom. The maximum Gasteiger partial charge on any atom is 0.242 e. The molecule has 0 bridgehead atoms. The van der Waals surface area contributed by atoms with Gasteiger partial charge in [0.25, 0.3) is 0 Å². The average Bonchev–Trinajstić information content (AvgIpc) is 2.37. The Balaban J connectivity index is 2.39. The van der Waals surface area contributed by atoms with Gasteiger partial charge in [-0.1, -0.05) is 0 Å². The Hall–Kier alpha value is -1.10. The number of nitrogens with zero attached hydrogens (tertiary/aromatic N) is 3. The van der Waals surface area contributed by atoms with Gasteiger partial charge in [0, 0.05) is 26.6 Å². The number of rotatable bonds is 6. The SMILES string of the molecule is CC(=O)N(CCCN(C)C)CC(=O)N1CCCCC1. The summed E-state index contributed by atoms with van der Waals surface area (Å²) in [6.45, 7) is 5.07. The van der Waals surface area contributed by atoms with E-state index in [4.69, 9.17) is 0 Å². The molecule has 0 aromatic heterocycles. The lowest BCUT2D eigenvalue weighted by Crippen LogP contribution is -2.44. The number of piperidine rings is 1. The van der Waals surface area contributed by atoms with Gasteiger partial charge in [-0.05, 0) is 46.3 Å². The van der Waals surface area contributed by atoms with E-state index >= 15 is 0 Å². The van der Waals surface area contributed by atoms with E-state index in [-0.39, 0.29) is 18.4 Å². The number of hydrogen-bond donors (Lipinski definition) is 0. The lowest BCUT2D eigenvalue weighted by atomic mass is 10.1. The van der Waals surface area contributed by atoms with Crippen molar-refractivity contribution in [1.82, 2.24) is 14.7 Å². The number of likely N-dealkylation sites (tertiary alicyclic amines) is 1. The molecule has 0 saturated carbocycles. The highest BCUT2D eigenvalue weighted by Crippen LogP contribution is 2.09. The molecule has 0 radical (unpaired) electrons. The number of amides is 2. The summed E-state index contributed by atoms with van der Waals surface area (Å²) in [5.41, 5.74) is 0. The Morgan fingerprint density at radius 2 is 1.68 bits per heavy atom. The van der Waals surface area contributed by atoms with E-state index in [1.54, 1.807) is 11.8 Å². The van der Waals surface area contributed by atoms with Gasteiger partial charge in [0.2, 0.25) is 11.8 Å². The highest BCUT2D eigenvalue weighted by molar-refractivity contribution is 5.83. The van der Waals surface area contributed by atoms with E-state index in [2.05, 4.69) is 4.90 Å². The molecule has 110 valence electrons. The standard InChI is InChI=1S/C14H27N3O2/c1-13(18)17(11-7-8-15(2)3)12-14(19)16-9-5-4-6-10-16/h4-12H2,1-3H3. The maximum atomic E-state index is 12.1. The molecule has 0 atom stereocenters. The van der Waals surface area contributed by atoms with Gasteiger partial charge >= 0.3 is 0 Å². The van der Waals surface area contributed by atoms with Crippen LogP contribution >= 0.6 is 0 Å². The van der Waals surface area contributed by atoms with Crippen LogP contribution in [-0.2, 0) is 9.59 Å². The lowest BCUT2D eigenvalue weighted by molar-refractivity contribution is -0.140. The topological polar surface area (TPSA) is 43.9 Å². The summed E-state index contributed by atoms with van der Waals surface area (Å²) in [5, 5.41) is 0. The molecule has 0 aromatic rings. The fourth-order valence-corrected chi connectivity index (χ4v) is 2.33. The average molecular weight is 269 g/mol. The molecule has 0 N–H and O–H groups in total. The third kappa shape index (κ3) is 6.05. The molecule has 19 heavy (non-hydrogen) atoms. The van der Waals surface area contributed by atoms with Gasteiger partial charge < -0.3 is 14.7 Å². The van der Waals surface area contributed by atoms with Crippen molar-refractivity contribution in [2.45, 2.75) is 32.6 Å². The van der Waals surface area contributed by atoms with Crippen LogP contribution in [0.3, 0.4) is 0 Å². The molecule has 1 rings (SSSR count). The van der Waals surface area contributed by atoms with E-state index in [1.165, 1.54) is 6.42 Å². The number of hydrogen-bond acceptors (Lipinski definition) is 3. The van der Waals surface area contributed by atoms with Crippen LogP contribution in [0.2, 0.25) is 0 Å². The van der Waals surface area contributed by atoms with Gasteiger partial charge in [0.15, 0.2) is 0 Å². The molecule has 0 unspecified atom stereocenters. The van der Waals surface area contributed by atoms with Crippen LogP contribution in [0.5, 0.6) is 0 Å². The van der Waals surface area contributed by atoms with Gasteiger partial charge in [-0.3, -0.25) is 9.59 Å². The lowest BCUT2D eigenvalue weighted by Gasteiger charge is -2.29. The molecule has 5 heteroatoms. The Labute approximate surface area is 116 Å². The van der Waals surface area contributed by atoms with Crippen molar-refractivity contribution in [3.8, 4) is 0 Å². The van der Waals surface area contributed by atoms with Crippen molar-refractivity contribution in [1.29, 1.82) is 0 Å². The Morgan fingerprint density at radius 3 is 2.21 bits per heavy atom. The van der Waals surface area contributed by atoms with Crippen LogP contribution in [0.1, 0.15) is 32.6 Å². The predicted octanol–water partition coefficient (Wildman–Crippen LogP) is 0.799. The fourth-order valence-electron chi connectivity index (χ4n) is 2.33. The highest BCUT2D eigenvalue weighted by atomic mass is 16.2. The summed E-state index contributed by atoms with van der Waals surface area (Å²) in [6, 6.07) is 0. The Bertz CT molecular complexity index is 299. The van der Waals surface area contributed by atoms with Crippen LogP contribution in [0.25, 0.3) is 0 Å². The molecule has 1 saturated heterocycles. The summed E-state index contributed by atoms with van der Waals surface area (Å²) in [4.78, 5) is 29.4. The first kappa shape index (κ1) is 16.0. The third-order valence-electron chi connectivity index (χ3n) is 3.51. The quantitative estimate of drug-likeness (QED) is 0.716. The van der Waals surface area contributed by atoms with Crippen LogP contribution < -0.4 is 0 Å². The summed E-state index contributed by atoms with van der Waals surface area (Å²) in [7, 11) is 4.02. The second-order valence-electron chi connectivity index (χ2n) is 5.54. The van der Waals surface area contributed by atoms with Crippen molar-refractivity contribution in [2.75, 3.05) is 46.8 Å². The largest absolute Gasteiger partial charge is 0.341 e. The molecule has 2 amide bonds. The smallest absolute Gasteiger partial charge is 0.242 e. The van der Waals surface area contributed by atoms with E-state index in [1.807, 2.05) is 19.0 Å². The summed E-state index contributed by atoms with van der Waals surface area (Å²) >= 11 is 0. The molecule has 0 aromatic carbocycles. The number of carbonyl (C=O) groups is 2.